The number of hydrogen-bond acceptors (Lipinski definition) is 19. The van der Waals surface area contributed by atoms with Gasteiger partial charge in [-0.3, -0.25) is 63.1 Å². The number of aromatic hydroxyl groups is 1. The van der Waals surface area contributed by atoms with Crippen molar-refractivity contribution in [1.29, 1.82) is 0 Å². The number of carbonyl (C=O) groups excluding carboxylic acids is 9. The molecule has 9 amide bonds. The van der Waals surface area contributed by atoms with E-state index in [0.29, 0.717) is 36.8 Å². The Morgan fingerprint density at radius 1 is 0.570 bits per heavy atom. The number of nitrogens with one attached hydrogen (secondary N) is 8. The second-order valence-corrected chi connectivity index (χ2v) is 26.6. The zero-order valence-electron chi connectivity index (χ0n) is 55.7. The third kappa shape index (κ3) is 28.2. The molecular formula is C63H97N23O12S2. The minimum absolute atomic E-state index is 0.0115. The number of nitrogens with zero attached hydrogens (tertiary/aromatic N) is 5. The standard InChI is InChI=1S/C63H97N23O12S2/c64-24-4-3-13-43-58(96)86-29-9-17-49(86)57(95)83-45(31-35-19-22-39(87)23-20-35)53(91)85-48(56(94)81-44(59(97)98)16-8-28-77-63(72)73)34-100-99-33-47(55(93)79-42(51(89)80-43)15-7-27-76-62(70)71)84-54(92)46(32-36-18-21-37-10-1-2-11-38(37)30-36)82-52(90)41(14-6-26-75-61(68)69)78-50(88)40(65)12-5-25-74-60(66)67/h1-2,10-11,18-23,30,40-49,87H,3-9,12-17,24-29,31-34,64-65H2,(H,78,88)(H,79,93)(H,80,89)(H,81,94)(H,82,90)(H,83,95)(H,84,92)(H,85,91)(H,97,98)(H4,66,67,74)(H4,68,69,75)(H4,70,71,76)(H4,72,73,77)/t40-,41-,42-,43+,44-,45-,46-,47-,48-,49-/m0/s1. The van der Waals surface area contributed by atoms with E-state index in [1.54, 1.807) is 12.1 Å². The van der Waals surface area contributed by atoms with Gasteiger partial charge in [-0.1, -0.05) is 76.2 Å². The van der Waals surface area contributed by atoms with Crippen molar-refractivity contribution in [3.05, 3.63) is 77.9 Å². The molecule has 5 rings (SSSR count). The quantitative estimate of drug-likeness (QED) is 0.0118. The first kappa shape index (κ1) is 80.8. The molecule has 3 aromatic rings. The first-order valence-electron chi connectivity index (χ1n) is 32.9. The van der Waals surface area contributed by atoms with Crippen LogP contribution in [0.4, 0.5) is 0 Å². The maximum atomic E-state index is 15.3. The summed E-state index contributed by atoms with van der Waals surface area (Å²) >= 11 is 0. The van der Waals surface area contributed by atoms with E-state index in [-0.39, 0.29) is 151 Å². The van der Waals surface area contributed by atoms with Crippen molar-refractivity contribution in [3.63, 3.8) is 0 Å². The summed E-state index contributed by atoms with van der Waals surface area (Å²) in [5.74, 6) is -10.8. The lowest BCUT2D eigenvalue weighted by molar-refractivity contribution is -0.143. The van der Waals surface area contributed by atoms with Crippen LogP contribution in [0, 0.1) is 0 Å². The largest absolute Gasteiger partial charge is 0.508 e. The van der Waals surface area contributed by atoms with Gasteiger partial charge in [-0.15, -0.1) is 0 Å². The number of fused-ring (bicyclic) bond motifs is 2. The molecule has 0 aliphatic carbocycles. The molecule has 35 nitrogen and oxygen atoms in total. The number of carboxylic acid groups (broad SMARTS) is 1. The van der Waals surface area contributed by atoms with E-state index in [4.69, 9.17) is 57.3 Å². The number of aliphatic carboxylic acids is 1. The number of rotatable bonds is 33. The number of aliphatic imine (C=N–C) groups is 4. The number of hydrogen-bond donors (Lipinski definition) is 20. The van der Waals surface area contributed by atoms with E-state index in [0.717, 1.165) is 32.4 Å². The summed E-state index contributed by atoms with van der Waals surface area (Å²) in [4.78, 5) is 163. The monoisotopic (exact) mass is 1430 g/mol. The zero-order chi connectivity index (χ0) is 73.3. The van der Waals surface area contributed by atoms with Crippen molar-refractivity contribution in [2.24, 2.45) is 77.3 Å². The van der Waals surface area contributed by atoms with E-state index in [9.17, 15) is 48.6 Å². The molecule has 2 saturated heterocycles. The number of phenolic OH excluding ortho intramolecular Hbond substituents is 1. The molecular weight excluding hydrogens is 1330 g/mol. The van der Waals surface area contributed by atoms with Crippen LogP contribution >= 0.6 is 21.6 Å². The first-order valence-corrected chi connectivity index (χ1v) is 35.4. The summed E-state index contributed by atoms with van der Waals surface area (Å²) < 4.78 is 0. The molecule has 2 aliphatic heterocycles. The van der Waals surface area contributed by atoms with Gasteiger partial charge in [0, 0.05) is 57.1 Å². The first-order chi connectivity index (χ1) is 47.7. The number of carbonyl (C=O) groups is 10. The number of guanidine groups is 4. The van der Waals surface area contributed by atoms with Gasteiger partial charge in [0.2, 0.25) is 53.2 Å². The number of amides is 9. The molecule has 10 atom stereocenters. The topological polar surface area (TPSA) is 620 Å². The molecule has 0 aromatic heterocycles. The van der Waals surface area contributed by atoms with E-state index >= 15 is 9.59 Å². The van der Waals surface area contributed by atoms with Crippen molar-refractivity contribution in [3.8, 4) is 5.75 Å². The zero-order valence-corrected chi connectivity index (χ0v) is 57.3. The highest BCUT2D eigenvalue weighted by Crippen LogP contribution is 2.26. The highest BCUT2D eigenvalue weighted by molar-refractivity contribution is 8.76. The maximum Gasteiger partial charge on any atom is 0.326 e. The molecule has 0 unspecified atom stereocenters. The van der Waals surface area contributed by atoms with Gasteiger partial charge in [0.25, 0.3) is 0 Å². The fourth-order valence-electron chi connectivity index (χ4n) is 10.9. The Balaban J connectivity index is 1.63. The van der Waals surface area contributed by atoms with Crippen LogP contribution in [0.3, 0.4) is 0 Å². The number of carboxylic acids is 1. The number of phenols is 1. The minimum atomic E-state index is -1.63. The second kappa shape index (κ2) is 42.2. The summed E-state index contributed by atoms with van der Waals surface area (Å²) in [5.41, 5.74) is 57.6. The number of benzene rings is 3. The number of nitrogens with two attached hydrogens (primary N) is 10. The Morgan fingerprint density at radius 2 is 1.12 bits per heavy atom. The van der Waals surface area contributed by atoms with Gasteiger partial charge in [-0.25, -0.2) is 4.79 Å². The van der Waals surface area contributed by atoms with Gasteiger partial charge in [0.1, 0.15) is 60.1 Å². The van der Waals surface area contributed by atoms with Gasteiger partial charge in [-0.2, -0.15) is 0 Å². The van der Waals surface area contributed by atoms with Crippen molar-refractivity contribution in [2.45, 2.75) is 157 Å². The summed E-state index contributed by atoms with van der Waals surface area (Å²) in [6, 6.07) is 4.30. The van der Waals surface area contributed by atoms with Crippen molar-refractivity contribution < 1.29 is 58.2 Å². The minimum Gasteiger partial charge on any atom is -0.508 e. The van der Waals surface area contributed by atoms with E-state index in [2.05, 4.69) is 62.5 Å². The van der Waals surface area contributed by atoms with E-state index in [1.165, 1.54) is 29.2 Å². The normalized spacial score (nSPS) is 19.8. The average Bonchev–Trinajstić information content (AvgIpc) is 1.50. The summed E-state index contributed by atoms with van der Waals surface area (Å²) in [6.07, 6.45) is 1.21. The van der Waals surface area contributed by atoms with Crippen LogP contribution in [-0.4, -0.2) is 209 Å². The van der Waals surface area contributed by atoms with Gasteiger partial charge in [0.15, 0.2) is 23.8 Å². The van der Waals surface area contributed by atoms with Gasteiger partial charge in [-0.05, 0) is 124 Å². The molecule has 37 heteroatoms. The lowest BCUT2D eigenvalue weighted by Crippen LogP contribution is -2.61. The molecule has 3 aromatic carbocycles. The SMILES string of the molecule is NCCCC[C@H]1NC(=O)[C@H](CCCN=C(N)N)NC(=O)[C@@H](NC(=O)[C@H](Cc2ccc3ccccc3c2)NC(=O)[C@H](CCCN=C(N)N)NC(=O)[C@@H](N)CCCN=C(N)N)CSSC[C@@H](C(=O)N[C@@H](CCCN=C(N)N)C(=O)O)NC(=O)[C@H](Cc2ccc(O)cc2)NC(=O)[C@@H]2CCCN2C1=O. The maximum absolute atomic E-state index is 15.3. The molecule has 548 valence electrons. The molecule has 0 bridgehead atoms. The van der Waals surface area contributed by atoms with Crippen LogP contribution < -0.4 is 99.9 Å². The van der Waals surface area contributed by atoms with Crippen molar-refractivity contribution in [2.75, 3.05) is 50.8 Å². The van der Waals surface area contributed by atoms with E-state index < -0.39 is 120 Å². The van der Waals surface area contributed by atoms with Crippen LogP contribution in [0.25, 0.3) is 10.8 Å². The smallest absolute Gasteiger partial charge is 0.326 e. The van der Waals surface area contributed by atoms with Crippen molar-refractivity contribution in [1.82, 2.24) is 47.4 Å². The molecule has 2 heterocycles. The third-order valence-corrected chi connectivity index (χ3v) is 18.6. The molecule has 2 aliphatic rings. The highest BCUT2D eigenvalue weighted by Gasteiger charge is 2.41. The third-order valence-electron chi connectivity index (χ3n) is 16.1. The van der Waals surface area contributed by atoms with Crippen LogP contribution in [0.1, 0.15) is 94.6 Å². The molecule has 100 heavy (non-hydrogen) atoms. The Kier molecular flexibility index (Phi) is 34.1. The lowest BCUT2D eigenvalue weighted by atomic mass is 10.00. The summed E-state index contributed by atoms with van der Waals surface area (Å²) in [5, 5.41) is 43.9. The molecule has 0 radical (unpaired) electrons. The summed E-state index contributed by atoms with van der Waals surface area (Å²) in [7, 11) is 1.81. The van der Waals surface area contributed by atoms with Gasteiger partial charge >= 0.3 is 5.97 Å². The Labute approximate surface area is 586 Å². The van der Waals surface area contributed by atoms with E-state index in [1.807, 2.05) is 30.3 Å². The molecule has 0 saturated carbocycles. The fraction of sp³-hybridized carbons (Fsp3) is 0.524. The average molecular weight is 1430 g/mol. The van der Waals surface area contributed by atoms with Crippen LogP contribution in [0.5, 0.6) is 5.75 Å². The predicted molar refractivity (Wildman–Crippen MR) is 383 cm³/mol. The van der Waals surface area contributed by atoms with Crippen LogP contribution in [-0.2, 0) is 60.8 Å². The Morgan fingerprint density at radius 3 is 1.75 bits per heavy atom. The van der Waals surface area contributed by atoms with Gasteiger partial charge < -0.3 is 115 Å². The highest BCUT2D eigenvalue weighted by atomic mass is 33.1. The van der Waals surface area contributed by atoms with Crippen molar-refractivity contribution >= 4 is 115 Å². The van der Waals surface area contributed by atoms with Crippen LogP contribution in [0.15, 0.2) is 86.7 Å². The second-order valence-electron chi connectivity index (χ2n) is 24.0. The molecule has 2 fully saturated rings. The van der Waals surface area contributed by atoms with Gasteiger partial charge in [0.05, 0.1) is 6.04 Å². The predicted octanol–water partition coefficient (Wildman–Crippen LogP) is -4.65. The summed E-state index contributed by atoms with van der Waals surface area (Å²) in [6.45, 7) is 0.486. The van der Waals surface area contributed by atoms with Crippen LogP contribution in [0.2, 0.25) is 0 Å². The Bertz CT molecular complexity index is 3390. The molecule has 30 N–H and O–H groups in total. The Hall–Kier alpha value is -9.88. The molecule has 0 spiro atoms. The fourth-order valence-corrected chi connectivity index (χ4v) is 13.2. The number of unbranched alkanes of at least 4 members (excludes halogenated alkanes) is 1. The lowest BCUT2D eigenvalue weighted by Gasteiger charge is -2.31.